The smallest absolute Gasteiger partial charge is 0.341 e. The van der Waals surface area contributed by atoms with Crippen molar-refractivity contribution in [3.05, 3.63) is 40.8 Å². The maximum atomic E-state index is 12.9. The molecule has 1 fully saturated rings. The van der Waals surface area contributed by atoms with Gasteiger partial charge in [0.15, 0.2) is 0 Å². The summed E-state index contributed by atoms with van der Waals surface area (Å²) in [5.41, 5.74) is 0.589. The molecule has 3 rings (SSSR count). The first kappa shape index (κ1) is 16.5. The van der Waals surface area contributed by atoms with Gasteiger partial charge in [-0.05, 0) is 25.0 Å². The summed E-state index contributed by atoms with van der Waals surface area (Å²) in [6, 6.07) is 6.83. The van der Waals surface area contributed by atoms with Crippen LogP contribution in [0.25, 0.3) is 11.0 Å². The van der Waals surface area contributed by atoms with Crippen molar-refractivity contribution < 1.29 is 18.0 Å². The summed E-state index contributed by atoms with van der Waals surface area (Å²) in [4.78, 5) is 29.6. The fourth-order valence-electron chi connectivity index (χ4n) is 2.98. The molecule has 1 aromatic heterocycles. The number of rotatable bonds is 2. The number of fused-ring (bicyclic) bond motifs is 1. The van der Waals surface area contributed by atoms with Gasteiger partial charge in [0.1, 0.15) is 6.54 Å². The van der Waals surface area contributed by atoms with E-state index in [1.807, 2.05) is 0 Å². The molecule has 0 radical (unpaired) electrons. The number of piperidine rings is 1. The second-order valence-electron chi connectivity index (χ2n) is 5.89. The van der Waals surface area contributed by atoms with E-state index < -0.39 is 23.6 Å². The minimum absolute atomic E-state index is 0.0332. The van der Waals surface area contributed by atoms with Crippen LogP contribution in [0.5, 0.6) is 0 Å². The Labute approximate surface area is 135 Å². The van der Waals surface area contributed by atoms with Crippen LogP contribution in [0.2, 0.25) is 0 Å². The molecule has 8 heteroatoms. The van der Waals surface area contributed by atoms with Crippen LogP contribution in [0.1, 0.15) is 12.8 Å². The SMILES string of the molecule is O=C(Cn1c(=O)cnc2ccccc21)N1CCC[C@@H](C(F)(F)F)C1. The van der Waals surface area contributed by atoms with Crippen molar-refractivity contribution in [2.45, 2.75) is 25.6 Å². The van der Waals surface area contributed by atoms with Crippen LogP contribution in [0, 0.1) is 5.92 Å². The molecular formula is C16H16F3N3O2. The van der Waals surface area contributed by atoms with E-state index in [1.165, 1.54) is 9.47 Å². The molecule has 128 valence electrons. The maximum Gasteiger partial charge on any atom is 0.393 e. The van der Waals surface area contributed by atoms with Gasteiger partial charge in [-0.15, -0.1) is 0 Å². The van der Waals surface area contributed by atoms with Gasteiger partial charge in [0, 0.05) is 13.1 Å². The van der Waals surface area contributed by atoms with E-state index in [9.17, 15) is 22.8 Å². The highest BCUT2D eigenvalue weighted by molar-refractivity contribution is 5.80. The van der Waals surface area contributed by atoms with Gasteiger partial charge in [-0.25, -0.2) is 4.98 Å². The molecule has 2 heterocycles. The van der Waals surface area contributed by atoms with Gasteiger partial charge in [0.2, 0.25) is 5.91 Å². The minimum Gasteiger partial charge on any atom is -0.341 e. The van der Waals surface area contributed by atoms with Crippen molar-refractivity contribution in [3.63, 3.8) is 0 Å². The van der Waals surface area contributed by atoms with Crippen molar-refractivity contribution in [1.82, 2.24) is 14.5 Å². The molecular weight excluding hydrogens is 323 g/mol. The van der Waals surface area contributed by atoms with Gasteiger partial charge in [0.25, 0.3) is 5.56 Å². The Kier molecular flexibility index (Phi) is 4.29. The third-order valence-corrected chi connectivity index (χ3v) is 4.28. The van der Waals surface area contributed by atoms with Gasteiger partial charge < -0.3 is 4.90 Å². The summed E-state index contributed by atoms with van der Waals surface area (Å²) in [7, 11) is 0. The average Bonchev–Trinajstić information content (AvgIpc) is 2.57. The first-order valence-corrected chi connectivity index (χ1v) is 7.65. The number of hydrogen-bond donors (Lipinski definition) is 0. The quantitative estimate of drug-likeness (QED) is 0.843. The molecule has 1 atom stereocenters. The first-order chi connectivity index (χ1) is 11.4. The molecule has 1 aliphatic heterocycles. The van der Waals surface area contributed by atoms with Crippen molar-refractivity contribution in [2.75, 3.05) is 13.1 Å². The zero-order chi connectivity index (χ0) is 17.3. The number of carbonyl (C=O) groups is 1. The lowest BCUT2D eigenvalue weighted by molar-refractivity contribution is -0.188. The highest BCUT2D eigenvalue weighted by atomic mass is 19.4. The fourth-order valence-corrected chi connectivity index (χ4v) is 2.98. The van der Waals surface area contributed by atoms with Gasteiger partial charge in [-0.3, -0.25) is 14.2 Å². The molecule has 24 heavy (non-hydrogen) atoms. The largest absolute Gasteiger partial charge is 0.393 e. The minimum atomic E-state index is -4.31. The van der Waals surface area contributed by atoms with E-state index in [0.717, 1.165) is 6.20 Å². The Hall–Kier alpha value is -2.38. The molecule has 0 N–H and O–H groups in total. The monoisotopic (exact) mass is 339 g/mol. The van der Waals surface area contributed by atoms with E-state index in [0.29, 0.717) is 17.5 Å². The summed E-state index contributed by atoms with van der Waals surface area (Å²) < 4.78 is 39.9. The molecule has 0 unspecified atom stereocenters. The van der Waals surface area contributed by atoms with Crippen molar-refractivity contribution >= 4 is 16.9 Å². The van der Waals surface area contributed by atoms with Gasteiger partial charge in [0.05, 0.1) is 23.1 Å². The fraction of sp³-hybridized carbons (Fsp3) is 0.438. The van der Waals surface area contributed by atoms with Crippen LogP contribution in [0.3, 0.4) is 0 Å². The predicted molar refractivity (Wildman–Crippen MR) is 81.4 cm³/mol. The molecule has 1 aromatic carbocycles. The molecule has 0 aliphatic carbocycles. The summed E-state index contributed by atoms with van der Waals surface area (Å²) in [5, 5.41) is 0. The molecule has 0 spiro atoms. The van der Waals surface area contributed by atoms with Crippen molar-refractivity contribution in [1.29, 1.82) is 0 Å². The Bertz CT molecular complexity index is 816. The topological polar surface area (TPSA) is 55.2 Å². The lowest BCUT2D eigenvalue weighted by Crippen LogP contribution is -2.46. The Morgan fingerprint density at radius 3 is 2.79 bits per heavy atom. The third-order valence-electron chi connectivity index (χ3n) is 4.28. The van der Waals surface area contributed by atoms with Crippen LogP contribution in [-0.4, -0.2) is 39.6 Å². The number of amides is 1. The van der Waals surface area contributed by atoms with E-state index in [2.05, 4.69) is 4.98 Å². The van der Waals surface area contributed by atoms with Crippen LogP contribution >= 0.6 is 0 Å². The molecule has 1 saturated heterocycles. The number of alkyl halides is 3. The number of halogens is 3. The predicted octanol–water partition coefficient (Wildman–Crippen LogP) is 2.20. The van der Waals surface area contributed by atoms with E-state index in [-0.39, 0.29) is 26.1 Å². The maximum absolute atomic E-state index is 12.9. The Morgan fingerprint density at radius 2 is 2.04 bits per heavy atom. The summed E-state index contributed by atoms with van der Waals surface area (Å²) >= 11 is 0. The number of nitrogens with zero attached hydrogens (tertiary/aromatic N) is 3. The van der Waals surface area contributed by atoms with Gasteiger partial charge in [-0.1, -0.05) is 12.1 Å². The summed E-state index contributed by atoms with van der Waals surface area (Å²) in [6.07, 6.45) is -2.85. The lowest BCUT2D eigenvalue weighted by Gasteiger charge is -2.33. The van der Waals surface area contributed by atoms with Gasteiger partial charge in [-0.2, -0.15) is 13.2 Å². The van der Waals surface area contributed by atoms with Gasteiger partial charge >= 0.3 is 6.18 Å². The van der Waals surface area contributed by atoms with E-state index in [4.69, 9.17) is 0 Å². The normalized spacial score (nSPS) is 18.8. The average molecular weight is 339 g/mol. The number of para-hydroxylation sites is 2. The first-order valence-electron chi connectivity index (χ1n) is 7.65. The lowest BCUT2D eigenvalue weighted by atomic mass is 9.97. The number of benzene rings is 1. The van der Waals surface area contributed by atoms with Crippen molar-refractivity contribution in [2.24, 2.45) is 5.92 Å². The second-order valence-corrected chi connectivity index (χ2v) is 5.89. The molecule has 1 amide bonds. The highest BCUT2D eigenvalue weighted by Crippen LogP contribution is 2.33. The summed E-state index contributed by atoms with van der Waals surface area (Å²) in [5.74, 6) is -1.98. The van der Waals surface area contributed by atoms with Crippen LogP contribution in [0.15, 0.2) is 35.3 Å². The zero-order valence-electron chi connectivity index (χ0n) is 12.8. The number of carbonyl (C=O) groups excluding carboxylic acids is 1. The van der Waals surface area contributed by atoms with Crippen LogP contribution < -0.4 is 5.56 Å². The van der Waals surface area contributed by atoms with Crippen LogP contribution in [-0.2, 0) is 11.3 Å². The molecule has 2 aromatic rings. The number of aromatic nitrogens is 2. The van der Waals surface area contributed by atoms with E-state index in [1.54, 1.807) is 24.3 Å². The number of hydrogen-bond acceptors (Lipinski definition) is 3. The second kappa shape index (κ2) is 6.26. The third kappa shape index (κ3) is 3.27. The number of likely N-dealkylation sites (tertiary alicyclic amines) is 1. The van der Waals surface area contributed by atoms with E-state index >= 15 is 0 Å². The van der Waals surface area contributed by atoms with Crippen molar-refractivity contribution in [3.8, 4) is 0 Å². The molecule has 5 nitrogen and oxygen atoms in total. The Morgan fingerprint density at radius 1 is 1.29 bits per heavy atom. The van der Waals surface area contributed by atoms with Crippen LogP contribution in [0.4, 0.5) is 13.2 Å². The molecule has 0 saturated carbocycles. The Balaban J connectivity index is 1.83. The standard InChI is InChI=1S/C16H16F3N3O2/c17-16(18,19)11-4-3-7-21(9-11)15(24)10-22-13-6-2-1-5-12(13)20-8-14(22)23/h1-2,5-6,8,11H,3-4,7,9-10H2/t11-/m1/s1. The summed E-state index contributed by atoms with van der Waals surface area (Å²) in [6.45, 7) is -0.351. The highest BCUT2D eigenvalue weighted by Gasteiger charge is 2.42. The molecule has 1 aliphatic rings. The zero-order valence-corrected chi connectivity index (χ0v) is 12.8. The molecule has 0 bridgehead atoms.